The second-order valence-corrected chi connectivity index (χ2v) is 2.95. The molecule has 0 saturated heterocycles. The van der Waals surface area contributed by atoms with Crippen LogP contribution in [0.4, 0.5) is 10.6 Å². The van der Waals surface area contributed by atoms with Crippen LogP contribution in [0.3, 0.4) is 0 Å². The molecule has 1 aromatic heterocycles. The molecule has 0 aromatic carbocycles. The Kier molecular flexibility index (Phi) is 3.44. The first kappa shape index (κ1) is 10.5. The van der Waals surface area contributed by atoms with Gasteiger partial charge in [0.05, 0.1) is 0 Å². The Hall–Kier alpha value is -1.59. The second kappa shape index (κ2) is 4.59. The summed E-state index contributed by atoms with van der Waals surface area (Å²) in [6.45, 7) is 5.42. The van der Waals surface area contributed by atoms with Crippen molar-refractivity contribution < 1.29 is 14.2 Å². The number of aryl methyl sites for hydroxylation is 1. The molecule has 6 heteroatoms. The third kappa shape index (κ3) is 2.72. The third-order valence-electron chi connectivity index (χ3n) is 1.76. The Balaban J connectivity index is 2.45. The van der Waals surface area contributed by atoms with Crippen LogP contribution in [0.15, 0.2) is 4.63 Å². The van der Waals surface area contributed by atoms with Crippen molar-refractivity contribution in [3.05, 3.63) is 5.69 Å². The van der Waals surface area contributed by atoms with Crippen LogP contribution in [0.25, 0.3) is 0 Å². The fourth-order valence-electron chi connectivity index (χ4n) is 0.737. The van der Waals surface area contributed by atoms with Crippen LogP contribution in [-0.4, -0.2) is 22.5 Å². The second-order valence-electron chi connectivity index (χ2n) is 2.95. The van der Waals surface area contributed by atoms with Crippen LogP contribution < -0.4 is 5.32 Å². The highest BCUT2D eigenvalue weighted by atomic mass is 16.6. The Morgan fingerprint density at radius 2 is 2.36 bits per heavy atom. The van der Waals surface area contributed by atoms with Crippen LogP contribution in [0.2, 0.25) is 0 Å². The van der Waals surface area contributed by atoms with E-state index in [-0.39, 0.29) is 6.10 Å². The summed E-state index contributed by atoms with van der Waals surface area (Å²) in [5.74, 6) is 0.290. The lowest BCUT2D eigenvalue weighted by atomic mass is 10.3. The van der Waals surface area contributed by atoms with E-state index in [9.17, 15) is 4.79 Å². The summed E-state index contributed by atoms with van der Waals surface area (Å²) in [6.07, 6.45) is 0.108. The number of carbonyl (C=O) groups is 1. The molecule has 1 aromatic rings. The molecule has 1 atom stereocenters. The van der Waals surface area contributed by atoms with Gasteiger partial charge in [0.2, 0.25) is 5.82 Å². The van der Waals surface area contributed by atoms with E-state index in [1.165, 1.54) is 0 Å². The smallest absolute Gasteiger partial charge is 0.413 e. The van der Waals surface area contributed by atoms with Crippen molar-refractivity contribution in [3.8, 4) is 0 Å². The molecule has 0 unspecified atom stereocenters. The van der Waals surface area contributed by atoms with Gasteiger partial charge in [-0.25, -0.2) is 9.42 Å². The molecule has 1 heterocycles. The molecule has 0 aliphatic rings. The van der Waals surface area contributed by atoms with Crippen molar-refractivity contribution in [2.45, 2.75) is 33.3 Å². The van der Waals surface area contributed by atoms with Gasteiger partial charge in [-0.05, 0) is 25.4 Å². The molecule has 1 amide bonds. The molecule has 1 rings (SSSR count). The summed E-state index contributed by atoms with van der Waals surface area (Å²) < 4.78 is 9.38. The van der Waals surface area contributed by atoms with Gasteiger partial charge in [0.25, 0.3) is 0 Å². The highest BCUT2D eigenvalue weighted by molar-refractivity contribution is 5.83. The Morgan fingerprint density at radius 1 is 1.64 bits per heavy atom. The van der Waals surface area contributed by atoms with Crippen molar-refractivity contribution in [2.75, 3.05) is 5.32 Å². The van der Waals surface area contributed by atoms with Crippen molar-refractivity contribution in [1.29, 1.82) is 0 Å². The predicted octanol–water partition coefficient (Wildman–Crippen LogP) is 1.73. The molecule has 0 saturated carbocycles. The number of nitrogens with one attached hydrogen (secondary N) is 1. The SMILES string of the molecule is CC[C@@H](C)OC(=O)Nc1nonc1C. The molecule has 0 spiro atoms. The van der Waals surface area contributed by atoms with Gasteiger partial charge in [-0.2, -0.15) is 0 Å². The largest absolute Gasteiger partial charge is 0.446 e. The third-order valence-corrected chi connectivity index (χ3v) is 1.76. The standard InChI is InChI=1S/C8H13N3O3/c1-4-5(2)13-8(12)9-7-6(3)10-14-11-7/h5H,4H2,1-3H3,(H,9,11,12)/t5-/m1/s1. The molecule has 6 nitrogen and oxygen atoms in total. The van der Waals surface area contributed by atoms with Crippen LogP contribution in [0, 0.1) is 6.92 Å². The van der Waals surface area contributed by atoms with Gasteiger partial charge in [-0.1, -0.05) is 12.1 Å². The first-order valence-electron chi connectivity index (χ1n) is 4.40. The first-order chi connectivity index (χ1) is 6.63. The first-order valence-corrected chi connectivity index (χ1v) is 4.40. The minimum absolute atomic E-state index is 0.116. The molecule has 0 aliphatic carbocycles. The van der Waals surface area contributed by atoms with Gasteiger partial charge in [0, 0.05) is 0 Å². The van der Waals surface area contributed by atoms with Crippen LogP contribution in [-0.2, 0) is 4.74 Å². The fourth-order valence-corrected chi connectivity index (χ4v) is 0.737. The minimum atomic E-state index is -0.543. The van der Waals surface area contributed by atoms with E-state index in [0.29, 0.717) is 11.5 Å². The maximum Gasteiger partial charge on any atom is 0.413 e. The van der Waals surface area contributed by atoms with Crippen LogP contribution >= 0.6 is 0 Å². The minimum Gasteiger partial charge on any atom is -0.446 e. The zero-order valence-corrected chi connectivity index (χ0v) is 8.40. The van der Waals surface area contributed by atoms with Gasteiger partial charge in [-0.3, -0.25) is 5.32 Å². The Bertz CT molecular complexity index is 311. The number of aromatic nitrogens is 2. The number of rotatable bonds is 3. The quantitative estimate of drug-likeness (QED) is 0.802. The van der Waals surface area contributed by atoms with E-state index < -0.39 is 6.09 Å². The zero-order chi connectivity index (χ0) is 10.6. The number of carbonyl (C=O) groups excluding carboxylic acids is 1. The maximum absolute atomic E-state index is 11.2. The number of amides is 1. The van der Waals surface area contributed by atoms with E-state index in [2.05, 4.69) is 20.3 Å². The van der Waals surface area contributed by atoms with Crippen molar-refractivity contribution in [2.24, 2.45) is 0 Å². The van der Waals surface area contributed by atoms with Crippen LogP contribution in [0.1, 0.15) is 26.0 Å². The summed E-state index contributed by atoms with van der Waals surface area (Å²) in [7, 11) is 0. The highest BCUT2D eigenvalue weighted by Gasteiger charge is 2.12. The monoisotopic (exact) mass is 199 g/mol. The molecule has 0 aliphatic heterocycles. The molecule has 0 bridgehead atoms. The number of hydrogen-bond donors (Lipinski definition) is 1. The van der Waals surface area contributed by atoms with E-state index >= 15 is 0 Å². The number of ether oxygens (including phenoxy) is 1. The van der Waals surface area contributed by atoms with Crippen molar-refractivity contribution >= 4 is 11.9 Å². The lowest BCUT2D eigenvalue weighted by Crippen LogP contribution is -2.20. The average molecular weight is 199 g/mol. The van der Waals surface area contributed by atoms with E-state index in [1.54, 1.807) is 6.92 Å². The van der Waals surface area contributed by atoms with Gasteiger partial charge < -0.3 is 4.74 Å². The van der Waals surface area contributed by atoms with Crippen LogP contribution in [0.5, 0.6) is 0 Å². The van der Waals surface area contributed by atoms with Crippen molar-refractivity contribution in [3.63, 3.8) is 0 Å². The highest BCUT2D eigenvalue weighted by Crippen LogP contribution is 2.08. The number of anilines is 1. The predicted molar refractivity (Wildman–Crippen MR) is 48.9 cm³/mol. The summed E-state index contributed by atoms with van der Waals surface area (Å²) in [5.41, 5.74) is 0.520. The van der Waals surface area contributed by atoms with E-state index in [0.717, 1.165) is 6.42 Å². The normalized spacial score (nSPS) is 12.2. The fraction of sp³-hybridized carbons (Fsp3) is 0.625. The zero-order valence-electron chi connectivity index (χ0n) is 8.40. The Morgan fingerprint density at radius 3 is 2.86 bits per heavy atom. The van der Waals surface area contributed by atoms with E-state index in [4.69, 9.17) is 4.74 Å². The van der Waals surface area contributed by atoms with Crippen molar-refractivity contribution in [1.82, 2.24) is 10.3 Å². The maximum atomic E-state index is 11.2. The molecule has 0 radical (unpaired) electrons. The summed E-state index contributed by atoms with van der Waals surface area (Å²) in [5, 5.41) is 9.43. The summed E-state index contributed by atoms with van der Waals surface area (Å²) >= 11 is 0. The van der Waals surface area contributed by atoms with Gasteiger partial charge >= 0.3 is 6.09 Å². The van der Waals surface area contributed by atoms with Gasteiger partial charge in [-0.15, -0.1) is 0 Å². The summed E-state index contributed by atoms with van der Waals surface area (Å²) in [4.78, 5) is 11.2. The van der Waals surface area contributed by atoms with Gasteiger partial charge in [0.15, 0.2) is 0 Å². The Labute approximate surface area is 81.6 Å². The lowest BCUT2D eigenvalue weighted by Gasteiger charge is -2.10. The molecular formula is C8H13N3O3. The number of hydrogen-bond acceptors (Lipinski definition) is 5. The lowest BCUT2D eigenvalue weighted by molar-refractivity contribution is 0.118. The van der Waals surface area contributed by atoms with E-state index in [1.807, 2.05) is 13.8 Å². The summed E-state index contributed by atoms with van der Waals surface area (Å²) in [6, 6.07) is 0. The topological polar surface area (TPSA) is 77.2 Å². The number of nitrogens with zero attached hydrogens (tertiary/aromatic N) is 2. The molecule has 1 N–H and O–H groups in total. The molecule has 14 heavy (non-hydrogen) atoms. The molecule has 0 fully saturated rings. The molecule has 78 valence electrons. The van der Waals surface area contributed by atoms with Gasteiger partial charge in [0.1, 0.15) is 11.8 Å². The average Bonchev–Trinajstić information content (AvgIpc) is 2.51. The molecular weight excluding hydrogens is 186 g/mol.